The summed E-state index contributed by atoms with van der Waals surface area (Å²) in [5.74, 6) is -0.392. The molecule has 0 aliphatic carbocycles. The number of rotatable bonds is 1. The Labute approximate surface area is 106 Å². The lowest BCUT2D eigenvalue weighted by atomic mass is 9.87. The Balaban J connectivity index is 2.68. The summed E-state index contributed by atoms with van der Waals surface area (Å²) in [5.41, 5.74) is 8.40. The molecule has 0 saturated carbocycles. The van der Waals surface area contributed by atoms with Crippen LogP contribution in [0.2, 0.25) is 0 Å². The first-order valence-electron chi connectivity index (χ1n) is 5.89. The average Bonchev–Trinajstić information content (AvgIpc) is 2.64. The van der Waals surface area contributed by atoms with Crippen molar-refractivity contribution in [1.29, 1.82) is 0 Å². The van der Waals surface area contributed by atoms with E-state index in [1.807, 2.05) is 19.3 Å². The highest BCUT2D eigenvalue weighted by atomic mass is 19.1. The van der Waals surface area contributed by atoms with Crippen LogP contribution in [0, 0.1) is 5.82 Å². The number of aromatic nitrogens is 2. The molecule has 18 heavy (non-hydrogen) atoms. The van der Waals surface area contributed by atoms with Gasteiger partial charge in [-0.05, 0) is 6.07 Å². The van der Waals surface area contributed by atoms with Crippen LogP contribution < -0.4 is 5.73 Å². The van der Waals surface area contributed by atoms with E-state index in [9.17, 15) is 4.39 Å². The zero-order chi connectivity index (χ0) is 13.5. The molecular formula is C14H18FN3. The maximum atomic E-state index is 13.5. The fraction of sp³-hybridized carbons (Fsp3) is 0.357. The lowest BCUT2D eigenvalue weighted by molar-refractivity contribution is 0.554. The molecule has 2 aromatic rings. The number of anilines is 1. The van der Waals surface area contributed by atoms with Crippen molar-refractivity contribution in [2.24, 2.45) is 7.05 Å². The molecule has 0 radical (unpaired) electrons. The smallest absolute Gasteiger partial charge is 0.146 e. The lowest BCUT2D eigenvalue weighted by Crippen LogP contribution is -2.14. The standard InChI is InChI=1S/C14H18FN3/c1-14(2,3)13-10(8-18(4)17-13)9-6-5-7-11(15)12(9)16/h5-8H,16H2,1-4H3. The van der Waals surface area contributed by atoms with Gasteiger partial charge in [0, 0.05) is 29.8 Å². The number of nitrogens with two attached hydrogens (primary N) is 1. The molecule has 0 spiro atoms. The predicted molar refractivity (Wildman–Crippen MR) is 71.7 cm³/mol. The van der Waals surface area contributed by atoms with Crippen LogP contribution in [0.25, 0.3) is 11.1 Å². The molecule has 0 saturated heterocycles. The Bertz CT molecular complexity index is 579. The largest absolute Gasteiger partial charge is 0.396 e. The number of nitrogens with zero attached hydrogens (tertiary/aromatic N) is 2. The quantitative estimate of drug-likeness (QED) is 0.787. The molecule has 0 bridgehead atoms. The topological polar surface area (TPSA) is 43.8 Å². The summed E-state index contributed by atoms with van der Waals surface area (Å²) in [6, 6.07) is 4.86. The van der Waals surface area contributed by atoms with Gasteiger partial charge >= 0.3 is 0 Å². The van der Waals surface area contributed by atoms with E-state index in [2.05, 4.69) is 25.9 Å². The van der Waals surface area contributed by atoms with Gasteiger partial charge in [-0.2, -0.15) is 5.10 Å². The number of hydrogen-bond acceptors (Lipinski definition) is 2. The van der Waals surface area contributed by atoms with Crippen LogP contribution in [0.3, 0.4) is 0 Å². The van der Waals surface area contributed by atoms with E-state index >= 15 is 0 Å². The summed E-state index contributed by atoms with van der Waals surface area (Å²) in [6.07, 6.45) is 1.88. The number of hydrogen-bond donors (Lipinski definition) is 1. The highest BCUT2D eigenvalue weighted by molar-refractivity contribution is 5.78. The molecule has 2 rings (SSSR count). The van der Waals surface area contributed by atoms with Gasteiger partial charge < -0.3 is 5.73 Å². The maximum absolute atomic E-state index is 13.5. The molecule has 1 aromatic carbocycles. The maximum Gasteiger partial charge on any atom is 0.146 e. The van der Waals surface area contributed by atoms with Crippen molar-refractivity contribution in [2.75, 3.05) is 5.73 Å². The molecular weight excluding hydrogens is 229 g/mol. The molecule has 96 valence electrons. The third-order valence-electron chi connectivity index (χ3n) is 2.88. The van der Waals surface area contributed by atoms with Gasteiger partial charge in [-0.25, -0.2) is 4.39 Å². The van der Waals surface area contributed by atoms with E-state index in [1.54, 1.807) is 10.7 Å². The number of benzene rings is 1. The van der Waals surface area contributed by atoms with Crippen molar-refractivity contribution in [3.05, 3.63) is 35.9 Å². The minimum atomic E-state index is -0.392. The summed E-state index contributed by atoms with van der Waals surface area (Å²) in [7, 11) is 1.86. The van der Waals surface area contributed by atoms with E-state index in [4.69, 9.17) is 5.73 Å². The lowest BCUT2D eigenvalue weighted by Gasteiger charge is -2.18. The van der Waals surface area contributed by atoms with Gasteiger partial charge in [0.15, 0.2) is 0 Å². The van der Waals surface area contributed by atoms with Crippen LogP contribution in [-0.4, -0.2) is 9.78 Å². The predicted octanol–water partition coefficient (Wildman–Crippen LogP) is 3.11. The van der Waals surface area contributed by atoms with Crippen LogP contribution in [0.4, 0.5) is 10.1 Å². The van der Waals surface area contributed by atoms with Crippen LogP contribution in [-0.2, 0) is 12.5 Å². The Morgan fingerprint density at radius 2 is 1.89 bits per heavy atom. The van der Waals surface area contributed by atoms with Gasteiger partial charge in [0.2, 0.25) is 0 Å². The monoisotopic (exact) mass is 247 g/mol. The van der Waals surface area contributed by atoms with Crippen molar-refractivity contribution in [2.45, 2.75) is 26.2 Å². The molecule has 1 aromatic heterocycles. The zero-order valence-electron chi connectivity index (χ0n) is 11.2. The van der Waals surface area contributed by atoms with E-state index < -0.39 is 5.82 Å². The van der Waals surface area contributed by atoms with Gasteiger partial charge in [0.05, 0.1) is 11.4 Å². The van der Waals surface area contributed by atoms with Crippen molar-refractivity contribution >= 4 is 5.69 Å². The van der Waals surface area contributed by atoms with Gasteiger partial charge in [0.1, 0.15) is 5.82 Å². The van der Waals surface area contributed by atoms with Crippen molar-refractivity contribution in [3.63, 3.8) is 0 Å². The number of halogens is 1. The molecule has 0 fully saturated rings. The van der Waals surface area contributed by atoms with Crippen LogP contribution in [0.5, 0.6) is 0 Å². The fourth-order valence-electron chi connectivity index (χ4n) is 2.01. The molecule has 3 nitrogen and oxygen atoms in total. The van der Waals surface area contributed by atoms with Crippen molar-refractivity contribution in [1.82, 2.24) is 9.78 Å². The Hall–Kier alpha value is -1.84. The summed E-state index contributed by atoms with van der Waals surface area (Å²) in [4.78, 5) is 0. The summed E-state index contributed by atoms with van der Waals surface area (Å²) in [6.45, 7) is 6.23. The highest BCUT2D eigenvalue weighted by Crippen LogP contribution is 2.35. The zero-order valence-corrected chi connectivity index (χ0v) is 11.2. The van der Waals surface area contributed by atoms with Gasteiger partial charge in [-0.15, -0.1) is 0 Å². The van der Waals surface area contributed by atoms with Crippen LogP contribution >= 0.6 is 0 Å². The highest BCUT2D eigenvalue weighted by Gasteiger charge is 2.24. The molecule has 2 N–H and O–H groups in total. The first kappa shape index (κ1) is 12.6. The number of nitrogen functional groups attached to an aromatic ring is 1. The van der Waals surface area contributed by atoms with Crippen molar-refractivity contribution in [3.8, 4) is 11.1 Å². The molecule has 0 atom stereocenters. The van der Waals surface area contributed by atoms with E-state index in [-0.39, 0.29) is 11.1 Å². The van der Waals surface area contributed by atoms with E-state index in [0.29, 0.717) is 5.56 Å². The van der Waals surface area contributed by atoms with Gasteiger partial charge in [-0.1, -0.05) is 32.9 Å². The third kappa shape index (κ3) is 2.10. The minimum Gasteiger partial charge on any atom is -0.396 e. The molecule has 0 aliphatic rings. The molecule has 0 amide bonds. The molecule has 4 heteroatoms. The van der Waals surface area contributed by atoms with Crippen molar-refractivity contribution < 1.29 is 4.39 Å². The second-order valence-corrected chi connectivity index (χ2v) is 5.52. The Kier molecular flexibility index (Phi) is 2.89. The summed E-state index contributed by atoms with van der Waals surface area (Å²) in [5, 5.41) is 4.47. The normalized spacial score (nSPS) is 11.8. The first-order chi connectivity index (χ1) is 8.30. The van der Waals surface area contributed by atoms with Gasteiger partial charge in [-0.3, -0.25) is 4.68 Å². The minimum absolute atomic E-state index is 0.116. The molecule has 1 heterocycles. The van der Waals surface area contributed by atoms with Crippen LogP contribution in [0.15, 0.2) is 24.4 Å². The Morgan fingerprint density at radius 3 is 2.50 bits per heavy atom. The van der Waals surface area contributed by atoms with Crippen LogP contribution in [0.1, 0.15) is 26.5 Å². The SMILES string of the molecule is Cn1cc(-c2cccc(F)c2N)c(C(C)(C)C)n1. The average molecular weight is 247 g/mol. The molecule has 0 aliphatic heterocycles. The third-order valence-corrected chi connectivity index (χ3v) is 2.88. The second-order valence-electron chi connectivity index (χ2n) is 5.52. The second kappa shape index (κ2) is 4.12. The summed E-state index contributed by atoms with van der Waals surface area (Å²) >= 11 is 0. The fourth-order valence-corrected chi connectivity index (χ4v) is 2.01. The van der Waals surface area contributed by atoms with E-state index in [0.717, 1.165) is 11.3 Å². The van der Waals surface area contributed by atoms with E-state index in [1.165, 1.54) is 6.07 Å². The number of para-hydroxylation sites is 1. The first-order valence-corrected chi connectivity index (χ1v) is 5.89. The molecule has 0 unspecified atom stereocenters. The summed E-state index contributed by atoms with van der Waals surface area (Å²) < 4.78 is 15.3. The number of aryl methyl sites for hydroxylation is 1. The Morgan fingerprint density at radius 1 is 1.22 bits per heavy atom. The van der Waals surface area contributed by atoms with Gasteiger partial charge in [0.25, 0.3) is 0 Å².